The molecule has 0 fully saturated rings. The summed E-state index contributed by atoms with van der Waals surface area (Å²) in [5.41, 5.74) is 1.96. The highest BCUT2D eigenvalue weighted by molar-refractivity contribution is 7.22. The largest absolute Gasteiger partial charge is 0.493 e. The highest BCUT2D eigenvalue weighted by atomic mass is 32.1. The minimum absolute atomic E-state index is 0.304. The number of ether oxygens (including phenoxy) is 2. The van der Waals surface area contributed by atoms with Crippen LogP contribution in [-0.2, 0) is 6.54 Å². The van der Waals surface area contributed by atoms with Crippen molar-refractivity contribution >= 4 is 32.8 Å². The minimum atomic E-state index is -1.03. The van der Waals surface area contributed by atoms with E-state index in [1.54, 1.807) is 18.4 Å². The third-order valence-electron chi connectivity index (χ3n) is 4.38. The van der Waals surface area contributed by atoms with Gasteiger partial charge in [0.15, 0.2) is 16.6 Å². The van der Waals surface area contributed by atoms with Crippen LogP contribution in [0.1, 0.15) is 19.4 Å². The highest BCUT2D eigenvalue weighted by Crippen LogP contribution is 2.32. The van der Waals surface area contributed by atoms with Crippen LogP contribution in [0, 0.1) is 5.92 Å². The fourth-order valence-electron chi connectivity index (χ4n) is 2.94. The number of benzene rings is 2. The molecule has 1 heterocycles. The molecule has 3 rings (SSSR count). The van der Waals surface area contributed by atoms with Crippen molar-refractivity contribution in [1.82, 2.24) is 10.3 Å². The van der Waals surface area contributed by atoms with Crippen molar-refractivity contribution in [1.29, 1.82) is 0 Å². The molecule has 160 valence electrons. The van der Waals surface area contributed by atoms with E-state index in [1.165, 1.54) is 0 Å². The first-order chi connectivity index (χ1) is 14.5. The number of amides is 1. The number of nitrogens with zero attached hydrogens (tertiary/aromatic N) is 2. The summed E-state index contributed by atoms with van der Waals surface area (Å²) in [6.07, 6.45) is -1.03. The fraction of sp³-hybridized carbons (Fsp3) is 0.364. The highest BCUT2D eigenvalue weighted by Gasteiger charge is 2.15. The van der Waals surface area contributed by atoms with Crippen molar-refractivity contribution in [2.75, 3.05) is 31.7 Å². The quantitative estimate of drug-likeness (QED) is 0.489. The molecule has 30 heavy (non-hydrogen) atoms. The number of carbonyl (C=O) groups is 1. The van der Waals surface area contributed by atoms with E-state index < -0.39 is 6.09 Å². The number of para-hydroxylation sites is 1. The lowest BCUT2D eigenvalue weighted by molar-refractivity contribution is 0.194. The van der Waals surface area contributed by atoms with Crippen molar-refractivity contribution in [3.63, 3.8) is 0 Å². The summed E-state index contributed by atoms with van der Waals surface area (Å²) >= 11 is 1.59. The number of nitrogens with one attached hydrogen (secondary N) is 1. The lowest BCUT2D eigenvalue weighted by Gasteiger charge is -2.22. The van der Waals surface area contributed by atoms with Gasteiger partial charge in [-0.3, -0.25) is 0 Å². The number of rotatable bonds is 10. The molecule has 0 aliphatic carbocycles. The molecule has 1 amide bonds. The number of hydrogen-bond donors (Lipinski definition) is 2. The zero-order valence-corrected chi connectivity index (χ0v) is 18.2. The lowest BCUT2D eigenvalue weighted by Crippen LogP contribution is -2.34. The molecular weight excluding hydrogens is 402 g/mol. The molecule has 0 radical (unpaired) electrons. The van der Waals surface area contributed by atoms with Crippen LogP contribution in [0.5, 0.6) is 11.5 Å². The van der Waals surface area contributed by atoms with Crippen LogP contribution in [0.3, 0.4) is 0 Å². The normalized spacial score (nSPS) is 10.9. The number of hydrogen-bond acceptors (Lipinski definition) is 6. The predicted molar refractivity (Wildman–Crippen MR) is 120 cm³/mol. The maximum atomic E-state index is 10.9. The lowest BCUT2D eigenvalue weighted by atomic mass is 10.2. The Balaban J connectivity index is 1.82. The monoisotopic (exact) mass is 429 g/mol. The van der Waals surface area contributed by atoms with Gasteiger partial charge in [-0.2, -0.15) is 0 Å². The van der Waals surface area contributed by atoms with E-state index in [1.807, 2.05) is 42.5 Å². The summed E-state index contributed by atoms with van der Waals surface area (Å²) < 4.78 is 12.5. The Kier molecular flexibility index (Phi) is 7.35. The van der Waals surface area contributed by atoms with Gasteiger partial charge in [-0.1, -0.05) is 43.4 Å². The number of carboxylic acid groups (broad SMARTS) is 1. The maximum absolute atomic E-state index is 10.9. The molecule has 0 aliphatic rings. The average molecular weight is 430 g/mol. The van der Waals surface area contributed by atoms with Crippen molar-refractivity contribution in [2.45, 2.75) is 20.4 Å². The second-order valence-corrected chi connectivity index (χ2v) is 8.32. The number of fused-ring (bicyclic) bond motifs is 1. The molecule has 2 aromatic carbocycles. The first-order valence-corrected chi connectivity index (χ1v) is 10.6. The number of thiazole rings is 1. The number of anilines is 1. The van der Waals surface area contributed by atoms with Gasteiger partial charge < -0.3 is 24.8 Å². The second-order valence-electron chi connectivity index (χ2n) is 7.31. The van der Waals surface area contributed by atoms with Gasteiger partial charge in [0.25, 0.3) is 0 Å². The Hall–Kier alpha value is -3.00. The van der Waals surface area contributed by atoms with Gasteiger partial charge in [0.2, 0.25) is 0 Å². The SMILES string of the molecule is COc1cc(CN(CCNC(=O)O)c2nc3ccccc3s2)ccc1OCC(C)C. The summed E-state index contributed by atoms with van der Waals surface area (Å²) in [5, 5.41) is 12.2. The topological polar surface area (TPSA) is 83.9 Å². The second kappa shape index (κ2) is 10.2. The first kappa shape index (κ1) is 21.7. The molecule has 3 aromatic rings. The summed E-state index contributed by atoms with van der Waals surface area (Å²) in [6.45, 7) is 6.19. The van der Waals surface area contributed by atoms with E-state index >= 15 is 0 Å². The zero-order chi connectivity index (χ0) is 21.5. The van der Waals surface area contributed by atoms with E-state index in [9.17, 15) is 4.79 Å². The molecule has 0 bridgehead atoms. The molecule has 0 aliphatic heterocycles. The van der Waals surface area contributed by atoms with Gasteiger partial charge in [-0.05, 0) is 35.7 Å². The van der Waals surface area contributed by atoms with Crippen LogP contribution in [0.2, 0.25) is 0 Å². The molecule has 0 unspecified atom stereocenters. The minimum Gasteiger partial charge on any atom is -0.493 e. The van der Waals surface area contributed by atoms with Crippen LogP contribution >= 0.6 is 11.3 Å². The van der Waals surface area contributed by atoms with E-state index in [0.29, 0.717) is 43.7 Å². The third kappa shape index (κ3) is 5.76. The Morgan fingerprint density at radius 2 is 2.03 bits per heavy atom. The van der Waals surface area contributed by atoms with Gasteiger partial charge in [-0.25, -0.2) is 9.78 Å². The van der Waals surface area contributed by atoms with Gasteiger partial charge >= 0.3 is 6.09 Å². The van der Waals surface area contributed by atoms with E-state index in [4.69, 9.17) is 19.6 Å². The van der Waals surface area contributed by atoms with Crippen LogP contribution in [-0.4, -0.2) is 43.0 Å². The van der Waals surface area contributed by atoms with Gasteiger partial charge in [0, 0.05) is 19.6 Å². The van der Waals surface area contributed by atoms with Crippen molar-refractivity contribution in [3.8, 4) is 11.5 Å². The van der Waals surface area contributed by atoms with Crippen molar-refractivity contribution in [2.24, 2.45) is 5.92 Å². The maximum Gasteiger partial charge on any atom is 0.404 e. The van der Waals surface area contributed by atoms with Crippen LogP contribution in [0.4, 0.5) is 9.93 Å². The van der Waals surface area contributed by atoms with E-state index in [-0.39, 0.29) is 0 Å². The molecule has 0 saturated carbocycles. The van der Waals surface area contributed by atoms with E-state index in [2.05, 4.69) is 24.1 Å². The molecule has 2 N–H and O–H groups in total. The predicted octanol–water partition coefficient (Wildman–Crippen LogP) is 4.61. The van der Waals surface area contributed by atoms with Gasteiger partial charge in [0.1, 0.15) is 0 Å². The van der Waals surface area contributed by atoms with Crippen LogP contribution in [0.25, 0.3) is 10.2 Å². The molecular formula is C22H27N3O4S. The van der Waals surface area contributed by atoms with Gasteiger partial charge in [0.05, 0.1) is 23.9 Å². The molecule has 1 aromatic heterocycles. The fourth-order valence-corrected chi connectivity index (χ4v) is 3.93. The molecule has 0 saturated heterocycles. The Labute approximate surface area is 180 Å². The molecule has 0 atom stereocenters. The van der Waals surface area contributed by atoms with Gasteiger partial charge in [-0.15, -0.1) is 0 Å². The summed E-state index contributed by atoms with van der Waals surface area (Å²) in [6, 6.07) is 13.8. The number of aromatic nitrogens is 1. The van der Waals surface area contributed by atoms with Crippen molar-refractivity contribution < 1.29 is 19.4 Å². The molecule has 0 spiro atoms. The van der Waals surface area contributed by atoms with Crippen LogP contribution < -0.4 is 19.7 Å². The number of methoxy groups -OCH3 is 1. The zero-order valence-electron chi connectivity index (χ0n) is 17.4. The summed E-state index contributed by atoms with van der Waals surface area (Å²) in [7, 11) is 1.63. The average Bonchev–Trinajstić information content (AvgIpc) is 3.15. The smallest absolute Gasteiger partial charge is 0.404 e. The summed E-state index contributed by atoms with van der Waals surface area (Å²) in [4.78, 5) is 17.7. The third-order valence-corrected chi connectivity index (χ3v) is 5.48. The van der Waals surface area contributed by atoms with Crippen LogP contribution in [0.15, 0.2) is 42.5 Å². The Morgan fingerprint density at radius 3 is 2.73 bits per heavy atom. The first-order valence-electron chi connectivity index (χ1n) is 9.83. The molecule has 8 heteroatoms. The Morgan fingerprint density at radius 1 is 1.23 bits per heavy atom. The Bertz CT molecular complexity index is 956. The molecule has 7 nitrogen and oxygen atoms in total. The van der Waals surface area contributed by atoms with E-state index in [0.717, 1.165) is 20.9 Å². The standard InChI is InChI=1S/C22H27N3O4S/c1-15(2)14-29-18-9-8-16(12-19(18)28-3)13-25(11-10-23-22(26)27)21-24-17-6-4-5-7-20(17)30-21/h4-9,12,15,23H,10-11,13-14H2,1-3H3,(H,26,27). The van der Waals surface area contributed by atoms with Crippen molar-refractivity contribution in [3.05, 3.63) is 48.0 Å². The summed E-state index contributed by atoms with van der Waals surface area (Å²) in [5.74, 6) is 1.82.